The number of aromatic amines is 1. The van der Waals surface area contributed by atoms with Crippen LogP contribution in [0.1, 0.15) is 49.8 Å². The van der Waals surface area contributed by atoms with Crippen molar-refractivity contribution in [2.24, 2.45) is 0 Å². The Bertz CT molecular complexity index is 1170. The number of phosphoric ester groups is 1. The molecule has 0 aromatic carbocycles. The van der Waals surface area contributed by atoms with E-state index in [1.165, 1.54) is 10.8 Å². The van der Waals surface area contributed by atoms with Crippen LogP contribution in [0.15, 0.2) is 15.8 Å². The van der Waals surface area contributed by atoms with E-state index in [1.807, 2.05) is 0 Å². The van der Waals surface area contributed by atoms with Crippen LogP contribution in [-0.4, -0.2) is 64.3 Å². The molecule has 3 rings (SSSR count). The minimum absolute atomic E-state index is 0.184. The number of rotatable bonds is 9. The van der Waals surface area contributed by atoms with Crippen molar-refractivity contribution in [2.45, 2.75) is 62.6 Å². The van der Waals surface area contributed by atoms with Crippen LogP contribution >= 0.6 is 23.5 Å². The first-order chi connectivity index (χ1) is 16.1. The van der Waals surface area contributed by atoms with Crippen LogP contribution in [0.3, 0.4) is 0 Å². The molecule has 35 heavy (non-hydrogen) atoms. The summed E-state index contributed by atoms with van der Waals surface area (Å²) in [6.07, 6.45) is -1.14. The molecule has 1 aliphatic heterocycles. The van der Waals surface area contributed by atoms with Crippen molar-refractivity contribution in [1.29, 1.82) is 0 Å². The molecule has 1 saturated heterocycles. The van der Waals surface area contributed by atoms with Crippen molar-refractivity contribution in [3.8, 4) is 0 Å². The third-order valence-electron chi connectivity index (χ3n) is 5.45. The normalized spacial score (nSPS) is 29.5. The molecule has 7 N–H and O–H groups in total. The maximum Gasteiger partial charge on any atom is 0.490 e. The molecular weight excluding hydrogens is 541 g/mol. The van der Waals surface area contributed by atoms with Crippen LogP contribution in [-0.2, 0) is 31.6 Å². The number of phosphoric acid groups is 3. The largest absolute Gasteiger partial charge is 0.490 e. The Morgan fingerprint density at radius 2 is 1.60 bits per heavy atom. The fourth-order valence-corrected chi connectivity index (χ4v) is 6.98. The molecule has 1 aromatic heterocycles. The van der Waals surface area contributed by atoms with Gasteiger partial charge in [-0.1, -0.05) is 19.3 Å². The van der Waals surface area contributed by atoms with E-state index in [0.717, 1.165) is 19.3 Å². The topological polar surface area (TPSA) is 264 Å². The van der Waals surface area contributed by atoms with E-state index < -0.39 is 65.7 Å². The molecule has 0 amide bonds. The molecule has 0 radical (unpaired) electrons. The number of aliphatic hydroxyl groups is 2. The molecule has 4 unspecified atom stereocenters. The number of nitrogens with zero attached hydrogens (tertiary/aromatic N) is 1. The summed E-state index contributed by atoms with van der Waals surface area (Å²) in [4.78, 5) is 62.6. The minimum Gasteiger partial charge on any atom is -0.387 e. The van der Waals surface area contributed by atoms with Crippen LogP contribution in [0.25, 0.3) is 0 Å². The molecule has 20 heteroatoms. The lowest BCUT2D eigenvalue weighted by Crippen LogP contribution is -2.37. The average molecular weight is 566 g/mol. The molecule has 0 bridgehead atoms. The average Bonchev–Trinajstić information content (AvgIpc) is 2.99. The van der Waals surface area contributed by atoms with Crippen molar-refractivity contribution in [2.75, 3.05) is 6.61 Å². The van der Waals surface area contributed by atoms with Crippen molar-refractivity contribution in [3.63, 3.8) is 0 Å². The summed E-state index contributed by atoms with van der Waals surface area (Å²) in [5.74, 6) is 0. The summed E-state index contributed by atoms with van der Waals surface area (Å²) in [7, 11) is -16.8. The zero-order valence-corrected chi connectivity index (χ0v) is 20.5. The van der Waals surface area contributed by atoms with E-state index in [9.17, 15) is 38.4 Å². The summed E-state index contributed by atoms with van der Waals surface area (Å²) in [5, 5.41) is 20.7. The highest BCUT2D eigenvalue weighted by Gasteiger charge is 2.47. The van der Waals surface area contributed by atoms with Gasteiger partial charge in [0.25, 0.3) is 5.56 Å². The Balaban J connectivity index is 1.72. The predicted molar refractivity (Wildman–Crippen MR) is 113 cm³/mol. The van der Waals surface area contributed by atoms with Gasteiger partial charge in [0, 0.05) is 12.2 Å². The second-order valence-corrected chi connectivity index (χ2v) is 12.4. The van der Waals surface area contributed by atoms with Crippen molar-refractivity contribution in [1.82, 2.24) is 9.55 Å². The maximum atomic E-state index is 12.4. The van der Waals surface area contributed by atoms with Gasteiger partial charge in [-0.2, -0.15) is 8.62 Å². The number of H-pyrrole nitrogens is 1. The van der Waals surface area contributed by atoms with E-state index >= 15 is 0 Å². The first-order valence-electron chi connectivity index (χ1n) is 10.2. The Labute approximate surface area is 196 Å². The number of hydrogen-bond donors (Lipinski definition) is 7. The van der Waals surface area contributed by atoms with Gasteiger partial charge in [0.15, 0.2) is 0 Å². The second-order valence-electron chi connectivity index (χ2n) is 8.01. The zero-order valence-electron chi connectivity index (χ0n) is 17.9. The first-order valence-corrected chi connectivity index (χ1v) is 14.8. The summed E-state index contributed by atoms with van der Waals surface area (Å²) in [6.45, 7) is -1.03. The lowest BCUT2D eigenvalue weighted by molar-refractivity contribution is -0.0229. The van der Waals surface area contributed by atoms with Gasteiger partial charge in [0.2, 0.25) is 0 Å². The minimum atomic E-state index is -5.75. The van der Waals surface area contributed by atoms with Crippen LogP contribution in [0.5, 0.6) is 0 Å². The van der Waals surface area contributed by atoms with Crippen LogP contribution in [0, 0.1) is 0 Å². The number of aliphatic hydroxyl groups excluding tert-OH is 2. The smallest absolute Gasteiger partial charge is 0.387 e. The van der Waals surface area contributed by atoms with Crippen molar-refractivity contribution in [3.05, 3.63) is 32.6 Å². The van der Waals surface area contributed by atoms with Crippen LogP contribution in [0.4, 0.5) is 0 Å². The quantitative estimate of drug-likeness (QED) is 0.187. The molecule has 200 valence electrons. The Kier molecular flexibility index (Phi) is 8.77. The standard InChI is InChI=1S/C15H25N2O15P3/c18-11-10(7-29-34(25,26)32-35(27,28)31-33(22,23)24)30-13(12(11)19)9-6-17(15(21)16-14(9)20)8-4-2-1-3-5-8/h6,8,10-13,18-19H,1-5,7H2,(H,25,26)(H,27,28)(H,16,20,21)(H2,22,23,24)/t10-,11?,12?,13+/m1/s1. The Morgan fingerprint density at radius 1 is 0.971 bits per heavy atom. The predicted octanol–water partition coefficient (Wildman–Crippen LogP) is -0.453. The van der Waals surface area contributed by atoms with Gasteiger partial charge in [-0.25, -0.2) is 18.5 Å². The number of ether oxygens (including phenoxy) is 1. The van der Waals surface area contributed by atoms with E-state index in [0.29, 0.717) is 12.8 Å². The molecule has 1 saturated carbocycles. The van der Waals surface area contributed by atoms with Crippen molar-refractivity contribution >= 4 is 23.5 Å². The SMILES string of the molecule is O=c1[nH]c(=O)n(C2CCCCC2)cc1[C@@H]1O[C@H](COP(=O)(O)OP(=O)(O)OP(=O)(O)O)C(O)C1O. The maximum absolute atomic E-state index is 12.4. The summed E-state index contributed by atoms with van der Waals surface area (Å²) >= 11 is 0. The molecule has 2 aliphatic rings. The van der Waals surface area contributed by atoms with E-state index in [2.05, 4.69) is 18.1 Å². The van der Waals surface area contributed by atoms with Crippen LogP contribution < -0.4 is 11.2 Å². The fourth-order valence-electron chi connectivity index (χ4n) is 3.95. The second kappa shape index (κ2) is 10.8. The lowest BCUT2D eigenvalue weighted by Gasteiger charge is -2.25. The van der Waals surface area contributed by atoms with Gasteiger partial charge in [-0.15, -0.1) is 0 Å². The summed E-state index contributed by atoms with van der Waals surface area (Å²) in [5.41, 5.74) is -1.72. The summed E-state index contributed by atoms with van der Waals surface area (Å²) < 4.78 is 52.2. The fraction of sp³-hybridized carbons (Fsp3) is 0.733. The van der Waals surface area contributed by atoms with Gasteiger partial charge in [0.05, 0.1) is 12.2 Å². The molecule has 17 nitrogen and oxygen atoms in total. The molecule has 2 fully saturated rings. The third kappa shape index (κ3) is 7.49. The molecular formula is C15H25N2O15P3. The van der Waals surface area contributed by atoms with E-state index in [1.54, 1.807) is 0 Å². The number of aromatic nitrogens is 2. The highest BCUT2D eigenvalue weighted by Crippen LogP contribution is 2.66. The molecule has 6 atom stereocenters. The lowest BCUT2D eigenvalue weighted by atomic mass is 9.95. The van der Waals surface area contributed by atoms with Gasteiger partial charge in [-0.05, 0) is 12.8 Å². The number of hydrogen-bond acceptors (Lipinski definition) is 11. The molecule has 2 heterocycles. The first kappa shape index (κ1) is 28.5. The molecule has 1 aromatic rings. The van der Waals surface area contributed by atoms with E-state index in [-0.39, 0.29) is 11.6 Å². The monoisotopic (exact) mass is 566 g/mol. The summed E-state index contributed by atoms with van der Waals surface area (Å²) in [6, 6.07) is -0.184. The Hall–Kier alpha value is -1.03. The Morgan fingerprint density at radius 3 is 2.20 bits per heavy atom. The number of nitrogens with one attached hydrogen (secondary N) is 1. The zero-order chi connectivity index (χ0) is 26.2. The highest BCUT2D eigenvalue weighted by atomic mass is 31.3. The van der Waals surface area contributed by atoms with Gasteiger partial charge in [0.1, 0.15) is 24.4 Å². The highest BCUT2D eigenvalue weighted by molar-refractivity contribution is 7.66. The van der Waals surface area contributed by atoms with Gasteiger partial charge < -0.3 is 34.5 Å². The van der Waals surface area contributed by atoms with Crippen LogP contribution in [0.2, 0.25) is 0 Å². The van der Waals surface area contributed by atoms with E-state index in [4.69, 9.17) is 19.4 Å². The van der Waals surface area contributed by atoms with Gasteiger partial charge in [-0.3, -0.25) is 18.9 Å². The molecule has 1 aliphatic carbocycles. The van der Waals surface area contributed by atoms with Crippen molar-refractivity contribution < 1.29 is 61.4 Å². The third-order valence-corrected chi connectivity index (χ3v) is 9.25. The molecule has 0 spiro atoms. The van der Waals surface area contributed by atoms with Gasteiger partial charge >= 0.3 is 29.2 Å².